The average molecular weight is 377 g/mol. The Balaban J connectivity index is 1.89. The molecule has 122 valence electrons. The van der Waals surface area contributed by atoms with Gasteiger partial charge in [-0.05, 0) is 54.7 Å². The monoisotopic (exact) mass is 376 g/mol. The fourth-order valence-electron chi connectivity index (χ4n) is 2.38. The lowest BCUT2D eigenvalue weighted by molar-refractivity contribution is -0.791. The normalized spacial score (nSPS) is 21.7. The molecule has 0 aromatic rings. The number of carbonyl (C=O) groups is 1. The Labute approximate surface area is 146 Å². The summed E-state index contributed by atoms with van der Waals surface area (Å²) in [5.74, 6) is 0.292. The Morgan fingerprint density at radius 1 is 1.04 bits per heavy atom. The third-order valence-corrected chi connectivity index (χ3v) is 4.30. The fourth-order valence-corrected chi connectivity index (χ4v) is 2.77. The Morgan fingerprint density at radius 3 is 2.48 bits per heavy atom. The van der Waals surface area contributed by atoms with Gasteiger partial charge in [0, 0.05) is 5.33 Å². The van der Waals surface area contributed by atoms with Crippen LogP contribution < -0.4 is 4.90 Å². The number of ether oxygens (including phenoxy) is 1. The quantitative estimate of drug-likeness (QED) is 0.546. The van der Waals surface area contributed by atoms with Crippen LogP contribution in [0.3, 0.4) is 0 Å². The zero-order chi connectivity index (χ0) is 16.5. The molecule has 0 saturated heterocycles. The number of methoxy groups -OCH3 is 1. The minimum atomic E-state index is -0.0890. The summed E-state index contributed by atoms with van der Waals surface area (Å²) in [6.45, 7) is 1.14. The summed E-state index contributed by atoms with van der Waals surface area (Å²) in [4.78, 5) is 12.9. The van der Waals surface area contributed by atoms with Gasteiger partial charge in [0.25, 0.3) is 0 Å². The van der Waals surface area contributed by atoms with Gasteiger partial charge in [-0.25, -0.2) is 0 Å². The molecule has 0 saturated carbocycles. The lowest BCUT2D eigenvalue weighted by Crippen LogP contribution is -3.03. The molecule has 2 rings (SSSR count). The lowest BCUT2D eigenvalue weighted by atomic mass is 10.1. The molecule has 0 atom stereocenters. The first-order chi connectivity index (χ1) is 11.2. The van der Waals surface area contributed by atoms with E-state index in [0.717, 1.165) is 23.0 Å². The van der Waals surface area contributed by atoms with Crippen LogP contribution in [-0.4, -0.2) is 24.8 Å². The van der Waals surface area contributed by atoms with Crippen LogP contribution >= 0.6 is 15.9 Å². The molecule has 3 nitrogen and oxygen atoms in total. The zero-order valence-electron chi connectivity index (χ0n) is 13.4. The fraction of sp³-hybridized carbons (Fsp3) is 0.316. The number of quaternary nitrogens is 1. The number of allylic oxidation sites excluding steroid dienone is 9. The Hall–Kier alpha value is -1.65. The van der Waals surface area contributed by atoms with Gasteiger partial charge in [0.2, 0.25) is 5.78 Å². The van der Waals surface area contributed by atoms with Crippen LogP contribution in [0.5, 0.6) is 0 Å². The molecule has 0 unspecified atom stereocenters. The summed E-state index contributed by atoms with van der Waals surface area (Å²) >= 11 is 3.46. The molecule has 1 heterocycles. The van der Waals surface area contributed by atoms with Crippen molar-refractivity contribution >= 4 is 21.7 Å². The standard InChI is InChI=1S/C19H22BrNO2/c1-23-19-15-17(7-8-18(19)22)6-5-16-9-13-21(14-10-16)12-4-2-3-11-20/h5-10,13-15H,2-4,11-12H2,1H3/p+1. The van der Waals surface area contributed by atoms with Crippen LogP contribution in [-0.2, 0) is 9.53 Å². The smallest absolute Gasteiger partial charge is 0.220 e. The molecule has 4 heteroatoms. The topological polar surface area (TPSA) is 30.7 Å². The van der Waals surface area contributed by atoms with Gasteiger partial charge in [0.1, 0.15) is 0 Å². The van der Waals surface area contributed by atoms with Crippen LogP contribution in [0.1, 0.15) is 19.3 Å². The molecule has 0 aromatic heterocycles. The van der Waals surface area contributed by atoms with Crippen molar-refractivity contribution in [2.75, 3.05) is 19.0 Å². The largest absolute Gasteiger partial charge is 0.493 e. The van der Waals surface area contributed by atoms with Crippen molar-refractivity contribution < 1.29 is 14.4 Å². The highest BCUT2D eigenvalue weighted by Crippen LogP contribution is 2.14. The number of rotatable bonds is 7. The summed E-state index contributed by atoms with van der Waals surface area (Å²) in [5.41, 5.74) is 2.11. The summed E-state index contributed by atoms with van der Waals surface area (Å²) in [6.07, 6.45) is 21.5. The number of unbranched alkanes of at least 4 members (excludes halogenated alkanes) is 2. The molecule has 0 bridgehead atoms. The zero-order valence-corrected chi connectivity index (χ0v) is 15.0. The first-order valence-corrected chi connectivity index (χ1v) is 9.03. The molecule has 0 spiro atoms. The van der Waals surface area contributed by atoms with Gasteiger partial charge in [0.15, 0.2) is 5.76 Å². The predicted octanol–water partition coefficient (Wildman–Crippen LogP) is 3.00. The van der Waals surface area contributed by atoms with Crippen molar-refractivity contribution in [2.24, 2.45) is 0 Å². The number of ketones is 1. The van der Waals surface area contributed by atoms with E-state index in [0.29, 0.717) is 5.76 Å². The van der Waals surface area contributed by atoms with Crippen molar-refractivity contribution in [3.63, 3.8) is 0 Å². The van der Waals surface area contributed by atoms with E-state index >= 15 is 0 Å². The van der Waals surface area contributed by atoms with Crippen LogP contribution in [0, 0.1) is 0 Å². The van der Waals surface area contributed by atoms with Crippen molar-refractivity contribution in [3.8, 4) is 0 Å². The highest BCUT2D eigenvalue weighted by atomic mass is 79.9. The van der Waals surface area contributed by atoms with Gasteiger partial charge < -0.3 is 4.74 Å². The average Bonchev–Trinajstić information content (AvgIpc) is 2.59. The molecular formula is C19H23BrNO2+. The van der Waals surface area contributed by atoms with Crippen molar-refractivity contribution in [2.45, 2.75) is 19.3 Å². The third kappa shape index (κ3) is 5.81. The number of carbonyl (C=O) groups excluding carboxylic acids is 1. The Bertz CT molecular complexity index is 593. The van der Waals surface area contributed by atoms with E-state index < -0.39 is 0 Å². The van der Waals surface area contributed by atoms with Crippen LogP contribution in [0.2, 0.25) is 0 Å². The number of nitrogens with one attached hydrogen (secondary N) is 1. The maximum atomic E-state index is 11.5. The van der Waals surface area contributed by atoms with Crippen molar-refractivity contribution in [1.82, 2.24) is 0 Å². The number of hydrogen-bond donors (Lipinski definition) is 1. The molecule has 1 N–H and O–H groups in total. The maximum Gasteiger partial charge on any atom is 0.220 e. The number of halogens is 1. The van der Waals surface area contributed by atoms with Crippen LogP contribution in [0.25, 0.3) is 0 Å². The van der Waals surface area contributed by atoms with E-state index in [4.69, 9.17) is 4.74 Å². The van der Waals surface area contributed by atoms with Gasteiger partial charge in [-0.1, -0.05) is 34.2 Å². The Kier molecular flexibility index (Phi) is 7.30. The van der Waals surface area contributed by atoms with Gasteiger partial charge in [-0.3, -0.25) is 9.69 Å². The van der Waals surface area contributed by atoms with E-state index in [1.165, 1.54) is 37.3 Å². The minimum absolute atomic E-state index is 0.0890. The maximum absolute atomic E-state index is 11.5. The molecule has 1 aliphatic carbocycles. The minimum Gasteiger partial charge on any atom is -0.493 e. The first-order valence-electron chi connectivity index (χ1n) is 7.91. The van der Waals surface area contributed by atoms with Gasteiger partial charge in [0.05, 0.1) is 26.1 Å². The lowest BCUT2D eigenvalue weighted by Gasteiger charge is -2.12. The molecule has 0 fully saturated rings. The van der Waals surface area contributed by atoms with Gasteiger partial charge >= 0.3 is 0 Å². The third-order valence-electron chi connectivity index (χ3n) is 3.73. The SMILES string of the molecule is COC1=CC(=CC=C2C=C[NH+](CCCCCBr)C=C2)C=CC1=O. The Morgan fingerprint density at radius 2 is 1.78 bits per heavy atom. The van der Waals surface area contributed by atoms with E-state index in [-0.39, 0.29) is 5.78 Å². The number of alkyl halides is 1. The van der Waals surface area contributed by atoms with E-state index in [1.807, 2.05) is 12.2 Å². The van der Waals surface area contributed by atoms with Crippen molar-refractivity contribution in [1.29, 1.82) is 0 Å². The predicted molar refractivity (Wildman–Crippen MR) is 97.2 cm³/mol. The van der Waals surface area contributed by atoms with E-state index in [2.05, 4.69) is 40.5 Å². The summed E-state index contributed by atoms with van der Waals surface area (Å²) in [5, 5.41) is 1.09. The molecular weight excluding hydrogens is 354 g/mol. The second-order valence-corrected chi connectivity index (χ2v) is 6.28. The van der Waals surface area contributed by atoms with Crippen LogP contribution in [0.4, 0.5) is 0 Å². The summed E-state index contributed by atoms with van der Waals surface area (Å²) in [6, 6.07) is 0. The molecule has 2 aliphatic rings. The highest BCUT2D eigenvalue weighted by Gasteiger charge is 2.10. The van der Waals surface area contributed by atoms with Gasteiger partial charge in [-0.2, -0.15) is 0 Å². The van der Waals surface area contributed by atoms with Gasteiger partial charge in [-0.15, -0.1) is 0 Å². The van der Waals surface area contributed by atoms with E-state index in [1.54, 1.807) is 12.2 Å². The molecule has 23 heavy (non-hydrogen) atoms. The van der Waals surface area contributed by atoms with Crippen LogP contribution in [0.15, 0.2) is 71.8 Å². The summed E-state index contributed by atoms with van der Waals surface area (Å²) in [7, 11) is 1.51. The second-order valence-electron chi connectivity index (χ2n) is 5.48. The second kappa shape index (κ2) is 9.48. The highest BCUT2D eigenvalue weighted by molar-refractivity contribution is 9.09. The molecule has 0 amide bonds. The summed E-state index contributed by atoms with van der Waals surface area (Å²) < 4.78 is 5.06. The van der Waals surface area contributed by atoms with E-state index in [9.17, 15) is 4.79 Å². The number of hydrogen-bond acceptors (Lipinski definition) is 2. The van der Waals surface area contributed by atoms with Crippen molar-refractivity contribution in [3.05, 3.63) is 71.8 Å². The first kappa shape index (κ1) is 17.7. The molecule has 0 radical (unpaired) electrons. The molecule has 0 aromatic carbocycles. The molecule has 1 aliphatic heterocycles.